The Kier molecular flexibility index (Phi) is 5.38. The van der Waals surface area contributed by atoms with E-state index in [4.69, 9.17) is 4.74 Å². The van der Waals surface area contributed by atoms with Gasteiger partial charge in [0.05, 0.1) is 12.2 Å². The van der Waals surface area contributed by atoms with Crippen molar-refractivity contribution in [3.8, 4) is 5.88 Å². The molecule has 1 saturated heterocycles. The first kappa shape index (κ1) is 17.1. The number of hydrogen-bond donors (Lipinski definition) is 2. The maximum atomic E-state index is 12.5. The minimum Gasteiger partial charge on any atom is -0.471 e. The lowest BCUT2D eigenvalue weighted by Crippen LogP contribution is -2.34. The Morgan fingerprint density at radius 1 is 1.28 bits per heavy atom. The fourth-order valence-electron chi connectivity index (χ4n) is 2.99. The number of ether oxygens (including phenoxy) is 1. The molecule has 6 nitrogen and oxygen atoms in total. The number of urea groups is 1. The van der Waals surface area contributed by atoms with Gasteiger partial charge in [-0.05, 0) is 30.2 Å². The number of pyridine rings is 1. The summed E-state index contributed by atoms with van der Waals surface area (Å²) >= 11 is 0. The van der Waals surface area contributed by atoms with Crippen molar-refractivity contribution < 1.29 is 9.53 Å². The minimum absolute atomic E-state index is 0.0471. The highest BCUT2D eigenvalue weighted by molar-refractivity contribution is 5.90. The molecule has 1 unspecified atom stereocenters. The van der Waals surface area contributed by atoms with Crippen LogP contribution < -0.4 is 15.4 Å². The maximum Gasteiger partial charge on any atom is 0.321 e. The summed E-state index contributed by atoms with van der Waals surface area (Å²) in [4.78, 5) is 18.6. The van der Waals surface area contributed by atoms with Gasteiger partial charge in [0, 0.05) is 31.9 Å². The molecule has 0 spiro atoms. The Morgan fingerprint density at radius 3 is 2.88 bits per heavy atom. The summed E-state index contributed by atoms with van der Waals surface area (Å²) in [7, 11) is 1.84. The van der Waals surface area contributed by atoms with Crippen molar-refractivity contribution in [2.75, 3.05) is 30.8 Å². The van der Waals surface area contributed by atoms with Crippen LogP contribution in [0.2, 0.25) is 0 Å². The third-order valence-electron chi connectivity index (χ3n) is 4.39. The number of likely N-dealkylation sites (tertiary alicyclic amines) is 1. The van der Waals surface area contributed by atoms with Gasteiger partial charge in [-0.25, -0.2) is 9.78 Å². The van der Waals surface area contributed by atoms with Crippen LogP contribution in [-0.4, -0.2) is 42.2 Å². The van der Waals surface area contributed by atoms with E-state index in [-0.39, 0.29) is 12.1 Å². The SMILES string of the molecule is CCc1ccccc1NC(=O)N1CCC(Oc2ncccc2NC)C1. The van der Waals surface area contributed by atoms with Crippen LogP contribution in [0.25, 0.3) is 0 Å². The number of carbonyl (C=O) groups is 1. The molecule has 25 heavy (non-hydrogen) atoms. The van der Waals surface area contributed by atoms with Crippen LogP contribution in [0.4, 0.5) is 16.2 Å². The largest absolute Gasteiger partial charge is 0.471 e. The van der Waals surface area contributed by atoms with Gasteiger partial charge in [0.2, 0.25) is 5.88 Å². The zero-order valence-corrected chi connectivity index (χ0v) is 14.7. The Hall–Kier alpha value is -2.76. The summed E-state index contributed by atoms with van der Waals surface area (Å²) in [5.41, 5.74) is 2.86. The van der Waals surface area contributed by atoms with Gasteiger partial charge in [0.15, 0.2) is 0 Å². The molecule has 2 heterocycles. The predicted molar refractivity (Wildman–Crippen MR) is 99.2 cm³/mol. The standard InChI is InChI=1S/C19H24N4O2/c1-3-14-7-4-5-8-16(14)22-19(24)23-12-10-15(13-23)25-18-17(20-2)9-6-11-21-18/h4-9,11,15,20H,3,10,12-13H2,1-2H3,(H,22,24). The first-order valence-electron chi connectivity index (χ1n) is 8.64. The van der Waals surface area contributed by atoms with Crippen molar-refractivity contribution in [2.45, 2.75) is 25.9 Å². The van der Waals surface area contributed by atoms with E-state index in [0.29, 0.717) is 19.0 Å². The maximum absolute atomic E-state index is 12.5. The summed E-state index contributed by atoms with van der Waals surface area (Å²) in [6.07, 6.45) is 3.34. The highest BCUT2D eigenvalue weighted by atomic mass is 16.5. The number of para-hydroxylation sites is 1. The lowest BCUT2D eigenvalue weighted by atomic mass is 10.1. The van der Waals surface area contributed by atoms with Crippen molar-refractivity contribution in [1.29, 1.82) is 0 Å². The fourth-order valence-corrected chi connectivity index (χ4v) is 2.99. The van der Waals surface area contributed by atoms with Crippen LogP contribution in [0.15, 0.2) is 42.6 Å². The van der Waals surface area contributed by atoms with E-state index in [2.05, 4.69) is 22.5 Å². The van der Waals surface area contributed by atoms with E-state index >= 15 is 0 Å². The number of benzene rings is 1. The summed E-state index contributed by atoms with van der Waals surface area (Å²) in [6.45, 7) is 3.31. The second kappa shape index (κ2) is 7.88. The number of nitrogens with zero attached hydrogens (tertiary/aromatic N) is 2. The van der Waals surface area contributed by atoms with E-state index < -0.39 is 0 Å². The number of aromatic nitrogens is 1. The van der Waals surface area contributed by atoms with Crippen molar-refractivity contribution >= 4 is 17.4 Å². The number of aryl methyl sites for hydroxylation is 1. The van der Waals surface area contributed by atoms with Crippen molar-refractivity contribution in [2.24, 2.45) is 0 Å². The molecule has 6 heteroatoms. The highest BCUT2D eigenvalue weighted by Gasteiger charge is 2.28. The Morgan fingerprint density at radius 2 is 2.08 bits per heavy atom. The lowest BCUT2D eigenvalue weighted by molar-refractivity contribution is 0.190. The molecule has 1 fully saturated rings. The molecule has 2 aromatic rings. The van der Waals surface area contributed by atoms with E-state index in [1.165, 1.54) is 0 Å². The average Bonchev–Trinajstić information content (AvgIpc) is 3.11. The minimum atomic E-state index is -0.0816. The topological polar surface area (TPSA) is 66.5 Å². The molecule has 1 aliphatic rings. The van der Waals surface area contributed by atoms with Crippen molar-refractivity contribution in [3.05, 3.63) is 48.2 Å². The monoisotopic (exact) mass is 340 g/mol. The first-order chi connectivity index (χ1) is 12.2. The zero-order chi connectivity index (χ0) is 17.6. The number of amides is 2. The second-order valence-corrected chi connectivity index (χ2v) is 6.02. The van der Waals surface area contributed by atoms with Gasteiger partial charge in [-0.1, -0.05) is 25.1 Å². The normalized spacial score (nSPS) is 16.6. The summed E-state index contributed by atoms with van der Waals surface area (Å²) in [5, 5.41) is 6.08. The molecule has 0 aliphatic carbocycles. The van der Waals surface area contributed by atoms with Gasteiger partial charge in [-0.2, -0.15) is 0 Å². The fraction of sp³-hybridized carbons (Fsp3) is 0.368. The summed E-state index contributed by atoms with van der Waals surface area (Å²) in [6, 6.07) is 11.6. The van der Waals surface area contributed by atoms with Crippen LogP contribution >= 0.6 is 0 Å². The second-order valence-electron chi connectivity index (χ2n) is 6.02. The lowest BCUT2D eigenvalue weighted by Gasteiger charge is -2.19. The molecule has 132 valence electrons. The van der Waals surface area contributed by atoms with E-state index in [9.17, 15) is 4.79 Å². The van der Waals surface area contributed by atoms with E-state index in [1.807, 2.05) is 43.4 Å². The van der Waals surface area contributed by atoms with Gasteiger partial charge in [-0.3, -0.25) is 0 Å². The van der Waals surface area contributed by atoms with Crippen LogP contribution in [0.3, 0.4) is 0 Å². The Bertz CT molecular complexity index is 735. The number of carbonyl (C=O) groups excluding carboxylic acids is 1. The van der Waals surface area contributed by atoms with Crippen LogP contribution in [0.5, 0.6) is 5.88 Å². The smallest absolute Gasteiger partial charge is 0.321 e. The van der Waals surface area contributed by atoms with Crippen LogP contribution in [-0.2, 0) is 6.42 Å². The number of rotatable bonds is 5. The molecule has 2 amide bonds. The molecule has 1 aliphatic heterocycles. The average molecular weight is 340 g/mol. The third-order valence-corrected chi connectivity index (χ3v) is 4.39. The molecule has 3 rings (SSSR count). The quantitative estimate of drug-likeness (QED) is 0.876. The molecule has 1 aromatic heterocycles. The number of nitrogens with one attached hydrogen (secondary N) is 2. The van der Waals surface area contributed by atoms with Crippen LogP contribution in [0.1, 0.15) is 18.9 Å². The summed E-state index contributed by atoms with van der Waals surface area (Å²) in [5.74, 6) is 0.577. The van der Waals surface area contributed by atoms with Gasteiger partial charge in [0.1, 0.15) is 6.10 Å². The van der Waals surface area contributed by atoms with Gasteiger partial charge in [0.25, 0.3) is 0 Å². The van der Waals surface area contributed by atoms with Gasteiger partial charge < -0.3 is 20.3 Å². The van der Waals surface area contributed by atoms with Gasteiger partial charge in [-0.15, -0.1) is 0 Å². The highest BCUT2D eigenvalue weighted by Crippen LogP contribution is 2.24. The zero-order valence-electron chi connectivity index (χ0n) is 14.7. The van der Waals surface area contributed by atoms with Gasteiger partial charge >= 0.3 is 6.03 Å². The van der Waals surface area contributed by atoms with E-state index in [1.54, 1.807) is 11.1 Å². The molecular weight excluding hydrogens is 316 g/mol. The predicted octanol–water partition coefficient (Wildman–Crippen LogP) is 3.37. The molecule has 0 radical (unpaired) electrons. The molecular formula is C19H24N4O2. The van der Waals surface area contributed by atoms with E-state index in [0.717, 1.165) is 29.8 Å². The molecule has 2 N–H and O–H groups in total. The third kappa shape index (κ3) is 4.02. The number of hydrogen-bond acceptors (Lipinski definition) is 4. The Balaban J connectivity index is 1.59. The molecule has 1 atom stereocenters. The molecule has 1 aromatic carbocycles. The Labute approximate surface area is 148 Å². The number of anilines is 2. The van der Waals surface area contributed by atoms with Crippen molar-refractivity contribution in [1.82, 2.24) is 9.88 Å². The molecule has 0 bridgehead atoms. The molecule has 0 saturated carbocycles. The van der Waals surface area contributed by atoms with Crippen LogP contribution in [0, 0.1) is 0 Å². The van der Waals surface area contributed by atoms with Crippen molar-refractivity contribution in [3.63, 3.8) is 0 Å². The first-order valence-corrected chi connectivity index (χ1v) is 8.64. The summed E-state index contributed by atoms with van der Waals surface area (Å²) < 4.78 is 5.98.